The Morgan fingerprint density at radius 3 is 2.77 bits per heavy atom. The van der Waals surface area contributed by atoms with Gasteiger partial charge in [0.15, 0.2) is 0 Å². The van der Waals surface area contributed by atoms with Crippen molar-refractivity contribution in [3.05, 3.63) is 36.2 Å². The summed E-state index contributed by atoms with van der Waals surface area (Å²) in [6.07, 6.45) is 6.09. The molecule has 2 aliphatic rings. The van der Waals surface area contributed by atoms with Gasteiger partial charge in [-0.2, -0.15) is 5.10 Å². The van der Waals surface area contributed by atoms with Gasteiger partial charge in [-0.05, 0) is 47.9 Å². The van der Waals surface area contributed by atoms with E-state index < -0.39 is 0 Å². The van der Waals surface area contributed by atoms with Gasteiger partial charge in [0.05, 0.1) is 19.3 Å². The first kappa shape index (κ1) is 17.2. The Hall–Kier alpha value is -2.18. The van der Waals surface area contributed by atoms with Crippen LogP contribution in [-0.4, -0.2) is 33.4 Å². The van der Waals surface area contributed by atoms with Gasteiger partial charge in [0.25, 0.3) is 0 Å². The van der Waals surface area contributed by atoms with Crippen molar-refractivity contribution < 1.29 is 9.90 Å². The van der Waals surface area contributed by atoms with Crippen molar-refractivity contribution in [2.75, 3.05) is 11.5 Å². The Morgan fingerprint density at radius 1 is 1.35 bits per heavy atom. The summed E-state index contributed by atoms with van der Waals surface area (Å²) in [4.78, 5) is 14.4. The number of aromatic nitrogens is 2. The van der Waals surface area contributed by atoms with Crippen LogP contribution in [-0.2, 0) is 11.3 Å². The molecule has 26 heavy (non-hydrogen) atoms. The van der Waals surface area contributed by atoms with E-state index >= 15 is 0 Å². The molecule has 1 aliphatic carbocycles. The molecule has 138 valence electrons. The summed E-state index contributed by atoms with van der Waals surface area (Å²) in [7, 11) is 0. The zero-order chi connectivity index (χ0) is 18.4. The van der Waals surface area contributed by atoms with Gasteiger partial charge >= 0.3 is 0 Å². The van der Waals surface area contributed by atoms with E-state index in [1.807, 2.05) is 23.2 Å². The zero-order valence-corrected chi connectivity index (χ0v) is 15.3. The number of anilines is 1. The Balaban J connectivity index is 1.75. The minimum absolute atomic E-state index is 0.0593. The van der Waals surface area contributed by atoms with Crippen LogP contribution in [0, 0.1) is 11.8 Å². The molecule has 0 bridgehead atoms. The van der Waals surface area contributed by atoms with Gasteiger partial charge in [0, 0.05) is 36.5 Å². The van der Waals surface area contributed by atoms with Crippen molar-refractivity contribution in [2.24, 2.45) is 17.6 Å². The summed E-state index contributed by atoms with van der Waals surface area (Å²) < 4.78 is 1.72. The van der Waals surface area contributed by atoms with E-state index in [1.165, 1.54) is 12.8 Å². The molecule has 1 aliphatic heterocycles. The molecule has 1 fully saturated rings. The lowest BCUT2D eigenvalue weighted by atomic mass is 9.80. The van der Waals surface area contributed by atoms with E-state index in [-0.39, 0.29) is 30.5 Å². The van der Waals surface area contributed by atoms with Crippen LogP contribution in [0.2, 0.25) is 0 Å². The average Bonchev–Trinajstić information content (AvgIpc) is 3.35. The van der Waals surface area contributed by atoms with E-state index in [0.717, 1.165) is 22.4 Å². The molecule has 1 amide bonds. The molecule has 6 heteroatoms. The van der Waals surface area contributed by atoms with Gasteiger partial charge in [-0.3, -0.25) is 9.48 Å². The van der Waals surface area contributed by atoms with Crippen LogP contribution in [0.25, 0.3) is 11.1 Å². The largest absolute Gasteiger partial charge is 0.394 e. The monoisotopic (exact) mass is 354 g/mol. The van der Waals surface area contributed by atoms with E-state index in [2.05, 4.69) is 18.1 Å². The molecule has 0 spiro atoms. The fourth-order valence-electron chi connectivity index (χ4n) is 4.31. The Bertz CT molecular complexity index is 827. The van der Waals surface area contributed by atoms with E-state index in [4.69, 9.17) is 10.8 Å². The number of hydrogen-bond donors (Lipinski definition) is 2. The van der Waals surface area contributed by atoms with Crippen LogP contribution in [0.3, 0.4) is 0 Å². The van der Waals surface area contributed by atoms with Crippen molar-refractivity contribution in [2.45, 2.75) is 45.3 Å². The van der Waals surface area contributed by atoms with Gasteiger partial charge in [-0.1, -0.05) is 13.0 Å². The molecular formula is C20H26N4O2. The maximum Gasteiger partial charge on any atom is 0.224 e. The minimum Gasteiger partial charge on any atom is -0.394 e. The summed E-state index contributed by atoms with van der Waals surface area (Å²) in [6, 6.07) is 6.26. The number of benzene rings is 1. The number of aliphatic hydroxyl groups is 1. The predicted octanol–water partition coefficient (Wildman–Crippen LogP) is 2.32. The first-order chi connectivity index (χ1) is 12.5. The third-order valence-electron chi connectivity index (χ3n) is 5.79. The van der Waals surface area contributed by atoms with Gasteiger partial charge in [-0.25, -0.2) is 0 Å². The number of hydrogen-bond acceptors (Lipinski definition) is 4. The molecule has 1 aromatic carbocycles. The standard InChI is InChI=1S/C20H26N4O2/c1-12-19(21)17-9-15(16-10-22-23(11-16)7-8-25)5-6-18(17)24(13(2)26)20(12)14-3-4-14/h5-6,9-12,14,19-20,25H,3-4,7-8,21H2,1-2H3/t12-,19-,20-/m1/s1. The second-order valence-corrected chi connectivity index (χ2v) is 7.59. The second kappa shape index (κ2) is 6.52. The zero-order valence-electron chi connectivity index (χ0n) is 15.3. The Kier molecular flexibility index (Phi) is 4.32. The van der Waals surface area contributed by atoms with Gasteiger partial charge in [-0.15, -0.1) is 0 Å². The molecule has 0 saturated heterocycles. The predicted molar refractivity (Wildman–Crippen MR) is 101 cm³/mol. The average molecular weight is 354 g/mol. The van der Waals surface area contributed by atoms with Gasteiger partial charge in [0.1, 0.15) is 0 Å². The number of carbonyl (C=O) groups is 1. The lowest BCUT2D eigenvalue weighted by molar-refractivity contribution is -0.117. The first-order valence-electron chi connectivity index (χ1n) is 9.34. The third kappa shape index (κ3) is 2.83. The highest BCUT2D eigenvalue weighted by Crippen LogP contribution is 2.48. The normalized spacial score (nSPS) is 25.2. The third-order valence-corrected chi connectivity index (χ3v) is 5.79. The molecule has 0 unspecified atom stereocenters. The van der Waals surface area contributed by atoms with Crippen LogP contribution in [0.4, 0.5) is 5.69 Å². The molecule has 1 aromatic heterocycles. The fraction of sp³-hybridized carbons (Fsp3) is 0.500. The molecule has 4 rings (SSSR count). The summed E-state index contributed by atoms with van der Waals surface area (Å²) in [5.74, 6) is 0.890. The van der Waals surface area contributed by atoms with E-state index in [1.54, 1.807) is 17.8 Å². The minimum atomic E-state index is -0.0846. The van der Waals surface area contributed by atoms with Gasteiger partial charge in [0.2, 0.25) is 5.91 Å². The van der Waals surface area contributed by atoms with Crippen LogP contribution in [0.15, 0.2) is 30.6 Å². The number of amides is 1. The molecule has 3 N–H and O–H groups in total. The number of nitrogens with two attached hydrogens (primary N) is 1. The Morgan fingerprint density at radius 2 is 2.12 bits per heavy atom. The maximum atomic E-state index is 12.4. The quantitative estimate of drug-likeness (QED) is 0.882. The number of nitrogens with zero attached hydrogens (tertiary/aromatic N) is 3. The number of carbonyl (C=O) groups excluding carboxylic acids is 1. The van der Waals surface area contributed by atoms with E-state index in [0.29, 0.717) is 12.5 Å². The highest BCUT2D eigenvalue weighted by atomic mass is 16.3. The summed E-state index contributed by atoms with van der Waals surface area (Å²) >= 11 is 0. The van der Waals surface area contributed by atoms with Crippen LogP contribution < -0.4 is 10.6 Å². The molecule has 2 heterocycles. The van der Waals surface area contributed by atoms with Crippen LogP contribution in [0.1, 0.15) is 38.3 Å². The lowest BCUT2D eigenvalue weighted by Gasteiger charge is -2.44. The second-order valence-electron chi connectivity index (χ2n) is 7.59. The van der Waals surface area contributed by atoms with Crippen molar-refractivity contribution in [1.29, 1.82) is 0 Å². The van der Waals surface area contributed by atoms with Crippen LogP contribution in [0.5, 0.6) is 0 Å². The van der Waals surface area contributed by atoms with Gasteiger partial charge < -0.3 is 15.7 Å². The smallest absolute Gasteiger partial charge is 0.224 e. The fourth-order valence-corrected chi connectivity index (χ4v) is 4.31. The summed E-state index contributed by atoms with van der Waals surface area (Å²) in [5.41, 5.74) is 10.6. The molecule has 2 aromatic rings. The number of aliphatic hydroxyl groups excluding tert-OH is 1. The maximum absolute atomic E-state index is 12.4. The van der Waals surface area contributed by atoms with Crippen molar-refractivity contribution in [3.63, 3.8) is 0 Å². The molecule has 1 saturated carbocycles. The highest BCUT2D eigenvalue weighted by molar-refractivity contribution is 5.94. The number of rotatable bonds is 4. The molecule has 6 nitrogen and oxygen atoms in total. The van der Waals surface area contributed by atoms with Crippen LogP contribution >= 0.6 is 0 Å². The molecule has 0 radical (unpaired) electrons. The molecular weight excluding hydrogens is 328 g/mol. The number of fused-ring (bicyclic) bond motifs is 1. The lowest BCUT2D eigenvalue weighted by Crippen LogP contribution is -2.51. The van der Waals surface area contributed by atoms with Crippen molar-refractivity contribution in [1.82, 2.24) is 9.78 Å². The first-order valence-corrected chi connectivity index (χ1v) is 9.34. The van der Waals surface area contributed by atoms with E-state index in [9.17, 15) is 4.79 Å². The summed E-state index contributed by atoms with van der Waals surface area (Å²) in [5, 5.41) is 13.3. The SMILES string of the molecule is CC(=O)N1c2ccc(-c3cnn(CCO)c3)cc2[C@H](N)[C@@H](C)[C@@H]1C1CC1. The topological polar surface area (TPSA) is 84.4 Å². The van der Waals surface area contributed by atoms with Crippen molar-refractivity contribution in [3.8, 4) is 11.1 Å². The summed E-state index contributed by atoms with van der Waals surface area (Å²) in [6.45, 7) is 4.35. The van der Waals surface area contributed by atoms with Crippen molar-refractivity contribution >= 4 is 11.6 Å². The molecule has 3 atom stereocenters. The highest BCUT2D eigenvalue weighted by Gasteiger charge is 2.46. The Labute approximate surface area is 153 Å².